The first-order valence-electron chi connectivity index (χ1n) is 6.82. The minimum atomic E-state index is 0.769. The average molecular weight is 324 g/mol. The van der Waals surface area contributed by atoms with Crippen molar-refractivity contribution in [2.75, 3.05) is 0 Å². The summed E-state index contributed by atoms with van der Waals surface area (Å²) in [6.45, 7) is 0. The molecule has 108 valence electrons. The summed E-state index contributed by atoms with van der Waals surface area (Å²) in [6, 6.07) is 16.4. The maximum Gasteiger partial charge on any atom is 0.186 e. The summed E-state index contributed by atoms with van der Waals surface area (Å²) in [5.41, 5.74) is 3.11. The Bertz CT molecular complexity index is 885. The number of hydrogen-bond acceptors (Lipinski definition) is 5. The summed E-state index contributed by atoms with van der Waals surface area (Å²) >= 11 is 3.36. The Morgan fingerprint density at radius 1 is 1.00 bits per heavy atom. The number of hydrogen-bond donors (Lipinski definition) is 0. The van der Waals surface area contributed by atoms with E-state index in [1.165, 1.54) is 5.56 Å². The molecule has 0 amide bonds. The molecule has 1 aromatic carbocycles. The third-order valence-corrected chi connectivity index (χ3v) is 4.92. The number of fused-ring (bicyclic) bond motifs is 1. The zero-order chi connectivity index (χ0) is 14.8. The molecule has 4 rings (SSSR count). The maximum atomic E-state index is 4.67. The van der Waals surface area contributed by atoms with Crippen LogP contribution in [0, 0.1) is 0 Å². The van der Waals surface area contributed by atoms with Crippen LogP contribution in [0.4, 0.5) is 0 Å². The van der Waals surface area contributed by atoms with Gasteiger partial charge in [0.05, 0.1) is 0 Å². The molecule has 0 saturated heterocycles. The minimum absolute atomic E-state index is 0.769. The number of nitrogens with zero attached hydrogens (tertiary/aromatic N) is 4. The highest BCUT2D eigenvalue weighted by atomic mass is 32.2. The first-order valence-corrected chi connectivity index (χ1v) is 8.75. The summed E-state index contributed by atoms with van der Waals surface area (Å²) in [7, 11) is 0. The molecule has 0 unspecified atom stereocenters. The molecule has 0 bridgehead atoms. The molecule has 0 aliphatic heterocycles. The molecule has 0 radical (unpaired) electrons. The molecule has 6 heteroatoms. The molecule has 22 heavy (non-hydrogen) atoms. The lowest BCUT2D eigenvalue weighted by molar-refractivity contribution is 0.861. The molecular formula is C16H12N4S2. The van der Waals surface area contributed by atoms with E-state index in [-0.39, 0.29) is 0 Å². The molecule has 4 nitrogen and oxygen atoms in total. The van der Waals surface area contributed by atoms with Crippen LogP contribution in [0.5, 0.6) is 0 Å². The lowest BCUT2D eigenvalue weighted by Gasteiger charge is -2.02. The molecule has 0 spiro atoms. The van der Waals surface area contributed by atoms with E-state index in [0.717, 1.165) is 27.8 Å². The Labute approximate surface area is 135 Å². The van der Waals surface area contributed by atoms with E-state index in [9.17, 15) is 0 Å². The number of aromatic nitrogens is 4. The van der Waals surface area contributed by atoms with Crippen LogP contribution >= 0.6 is 23.1 Å². The van der Waals surface area contributed by atoms with Gasteiger partial charge in [0.2, 0.25) is 0 Å². The predicted octanol–water partition coefficient (Wildman–Crippen LogP) is 4.15. The molecule has 0 fully saturated rings. The molecule has 0 saturated carbocycles. The number of thioether (sulfide) groups is 1. The summed E-state index contributed by atoms with van der Waals surface area (Å²) in [4.78, 5) is 0. The first kappa shape index (κ1) is 13.5. The van der Waals surface area contributed by atoms with Gasteiger partial charge < -0.3 is 0 Å². The highest BCUT2D eigenvalue weighted by molar-refractivity contribution is 7.98. The van der Waals surface area contributed by atoms with Crippen molar-refractivity contribution in [2.45, 2.75) is 10.8 Å². The van der Waals surface area contributed by atoms with Crippen LogP contribution in [0.15, 0.2) is 64.3 Å². The van der Waals surface area contributed by atoms with Crippen LogP contribution in [-0.4, -0.2) is 19.8 Å². The molecule has 4 aromatic rings. The van der Waals surface area contributed by atoms with Crippen LogP contribution in [0.2, 0.25) is 0 Å². The SMILES string of the molecule is c1ccc(CSc2ccc3nnc(-c4ccsc4)n3n2)cc1. The number of benzene rings is 1. The lowest BCUT2D eigenvalue weighted by atomic mass is 10.2. The van der Waals surface area contributed by atoms with Crippen molar-refractivity contribution in [1.29, 1.82) is 0 Å². The van der Waals surface area contributed by atoms with Crippen molar-refractivity contribution >= 4 is 28.7 Å². The average Bonchev–Trinajstić information content (AvgIpc) is 3.22. The van der Waals surface area contributed by atoms with E-state index < -0.39 is 0 Å². The Morgan fingerprint density at radius 2 is 1.91 bits per heavy atom. The van der Waals surface area contributed by atoms with E-state index in [1.54, 1.807) is 23.1 Å². The summed E-state index contributed by atoms with van der Waals surface area (Å²) in [5, 5.41) is 18.1. The second-order valence-corrected chi connectivity index (χ2v) is 6.53. The second kappa shape index (κ2) is 5.90. The smallest absolute Gasteiger partial charge is 0.186 e. The van der Waals surface area contributed by atoms with Crippen molar-refractivity contribution in [3.63, 3.8) is 0 Å². The van der Waals surface area contributed by atoms with Gasteiger partial charge in [-0.25, -0.2) is 0 Å². The van der Waals surface area contributed by atoms with Crippen LogP contribution in [0.1, 0.15) is 5.56 Å². The third-order valence-electron chi connectivity index (χ3n) is 3.25. The van der Waals surface area contributed by atoms with Crippen molar-refractivity contribution in [3.8, 4) is 11.4 Å². The highest BCUT2D eigenvalue weighted by Gasteiger charge is 2.10. The van der Waals surface area contributed by atoms with Gasteiger partial charge in [0.25, 0.3) is 0 Å². The van der Waals surface area contributed by atoms with Gasteiger partial charge >= 0.3 is 0 Å². The van der Waals surface area contributed by atoms with E-state index >= 15 is 0 Å². The minimum Gasteiger partial charge on any atom is -0.192 e. The normalized spacial score (nSPS) is 11.1. The molecule has 0 N–H and O–H groups in total. The van der Waals surface area contributed by atoms with E-state index in [4.69, 9.17) is 0 Å². The Balaban J connectivity index is 1.64. The van der Waals surface area contributed by atoms with Crippen molar-refractivity contribution in [1.82, 2.24) is 19.8 Å². The van der Waals surface area contributed by atoms with E-state index in [0.29, 0.717) is 0 Å². The van der Waals surface area contributed by atoms with E-state index in [1.807, 2.05) is 34.2 Å². The van der Waals surface area contributed by atoms with Crippen LogP contribution in [0.3, 0.4) is 0 Å². The molecule has 3 aromatic heterocycles. The van der Waals surface area contributed by atoms with E-state index in [2.05, 4.69) is 44.9 Å². The molecule has 0 aliphatic carbocycles. The fourth-order valence-electron chi connectivity index (χ4n) is 2.15. The van der Waals surface area contributed by atoms with Gasteiger partial charge in [-0.1, -0.05) is 42.1 Å². The summed E-state index contributed by atoms with van der Waals surface area (Å²) < 4.78 is 1.81. The van der Waals surface area contributed by atoms with Crippen molar-refractivity contribution in [2.24, 2.45) is 0 Å². The second-order valence-electron chi connectivity index (χ2n) is 4.75. The fourth-order valence-corrected chi connectivity index (χ4v) is 3.60. The molecule has 0 aliphatic rings. The standard InChI is InChI=1S/C16H12N4S2/c1-2-4-12(5-3-1)10-22-15-7-6-14-17-18-16(20(14)19-15)13-8-9-21-11-13/h1-9,11H,10H2. The number of rotatable bonds is 4. The van der Waals surface area contributed by atoms with Gasteiger partial charge in [-0.05, 0) is 29.1 Å². The van der Waals surface area contributed by atoms with Gasteiger partial charge in [0.1, 0.15) is 5.03 Å². The zero-order valence-electron chi connectivity index (χ0n) is 11.6. The Hall–Kier alpha value is -2.18. The zero-order valence-corrected chi connectivity index (χ0v) is 13.2. The Morgan fingerprint density at radius 3 is 2.73 bits per heavy atom. The first-order chi connectivity index (χ1) is 10.9. The number of thiophene rings is 1. The topological polar surface area (TPSA) is 43.1 Å². The maximum absolute atomic E-state index is 4.67. The largest absolute Gasteiger partial charge is 0.192 e. The lowest BCUT2D eigenvalue weighted by Crippen LogP contribution is -1.96. The third kappa shape index (κ3) is 2.63. The van der Waals surface area contributed by atoms with Crippen LogP contribution in [-0.2, 0) is 5.75 Å². The summed E-state index contributed by atoms with van der Waals surface area (Å²) in [5.74, 6) is 1.69. The summed E-state index contributed by atoms with van der Waals surface area (Å²) in [6.07, 6.45) is 0. The van der Waals surface area contributed by atoms with Gasteiger partial charge in [0.15, 0.2) is 11.5 Å². The molecule has 3 heterocycles. The van der Waals surface area contributed by atoms with Crippen LogP contribution in [0.25, 0.3) is 17.0 Å². The fraction of sp³-hybridized carbons (Fsp3) is 0.0625. The Kier molecular flexibility index (Phi) is 3.62. The van der Waals surface area contributed by atoms with Crippen molar-refractivity contribution in [3.05, 3.63) is 64.9 Å². The van der Waals surface area contributed by atoms with Gasteiger partial charge in [-0.3, -0.25) is 0 Å². The molecular weight excluding hydrogens is 312 g/mol. The monoisotopic (exact) mass is 324 g/mol. The van der Waals surface area contributed by atoms with Gasteiger partial charge in [-0.2, -0.15) is 21.0 Å². The quantitative estimate of drug-likeness (QED) is 0.529. The van der Waals surface area contributed by atoms with Gasteiger partial charge in [0, 0.05) is 16.7 Å². The van der Waals surface area contributed by atoms with Crippen molar-refractivity contribution < 1.29 is 0 Å². The predicted molar refractivity (Wildman–Crippen MR) is 90.1 cm³/mol. The van der Waals surface area contributed by atoms with Crippen LogP contribution < -0.4 is 0 Å². The molecule has 0 atom stereocenters. The highest BCUT2D eigenvalue weighted by Crippen LogP contribution is 2.24. The van der Waals surface area contributed by atoms with Gasteiger partial charge in [-0.15, -0.1) is 10.2 Å².